The summed E-state index contributed by atoms with van der Waals surface area (Å²) in [6.07, 6.45) is -1.06. The standard InChI is InChI=1S/C21H27ClN2O4/c1-11(2)28-17-6-5-15-14(10-25)8-24(21(27)18(15)19(17)22)9-16-12(3)7-13(4)23-20(16)26/h5-7,11,14,21,25,27H,8-10H2,1-4H3,(H,23,26). The molecule has 0 saturated carbocycles. The highest BCUT2D eigenvalue weighted by molar-refractivity contribution is 6.33. The minimum absolute atomic E-state index is 0.0604. The zero-order valence-electron chi connectivity index (χ0n) is 16.6. The first-order valence-corrected chi connectivity index (χ1v) is 9.82. The number of fused-ring (bicyclic) bond motifs is 1. The van der Waals surface area contributed by atoms with Gasteiger partial charge in [-0.3, -0.25) is 9.69 Å². The molecular formula is C21H27ClN2O4. The van der Waals surface area contributed by atoms with E-state index in [-0.39, 0.29) is 30.7 Å². The van der Waals surface area contributed by atoms with Crippen molar-refractivity contribution in [3.63, 3.8) is 0 Å². The van der Waals surface area contributed by atoms with Gasteiger partial charge >= 0.3 is 0 Å². The molecule has 1 aromatic heterocycles. The van der Waals surface area contributed by atoms with Crippen molar-refractivity contribution in [1.82, 2.24) is 9.88 Å². The lowest BCUT2D eigenvalue weighted by Gasteiger charge is -2.39. The van der Waals surface area contributed by atoms with Crippen LogP contribution in [0, 0.1) is 13.8 Å². The zero-order valence-corrected chi connectivity index (χ0v) is 17.4. The molecule has 2 aromatic rings. The lowest BCUT2D eigenvalue weighted by molar-refractivity contribution is -0.0239. The summed E-state index contributed by atoms with van der Waals surface area (Å²) >= 11 is 6.58. The van der Waals surface area contributed by atoms with E-state index in [0.29, 0.717) is 28.4 Å². The molecule has 1 aliphatic rings. The van der Waals surface area contributed by atoms with Crippen molar-refractivity contribution >= 4 is 11.6 Å². The van der Waals surface area contributed by atoms with Gasteiger partial charge in [0, 0.05) is 35.8 Å². The molecule has 0 bridgehead atoms. The van der Waals surface area contributed by atoms with Gasteiger partial charge in [0.15, 0.2) is 0 Å². The summed E-state index contributed by atoms with van der Waals surface area (Å²) in [5, 5.41) is 21.3. The van der Waals surface area contributed by atoms with Gasteiger partial charge in [-0.15, -0.1) is 0 Å². The minimum Gasteiger partial charge on any atom is -0.489 e. The van der Waals surface area contributed by atoms with Crippen LogP contribution in [0.3, 0.4) is 0 Å². The Kier molecular flexibility index (Phi) is 6.15. The van der Waals surface area contributed by atoms with Gasteiger partial charge in [0.05, 0.1) is 17.7 Å². The molecule has 0 saturated heterocycles. The Morgan fingerprint density at radius 1 is 1.36 bits per heavy atom. The molecule has 0 radical (unpaired) electrons. The van der Waals surface area contributed by atoms with E-state index < -0.39 is 6.23 Å². The Morgan fingerprint density at radius 3 is 2.68 bits per heavy atom. The number of aromatic nitrogens is 1. The van der Waals surface area contributed by atoms with E-state index >= 15 is 0 Å². The van der Waals surface area contributed by atoms with E-state index in [1.165, 1.54) is 0 Å². The molecule has 6 nitrogen and oxygen atoms in total. The maximum Gasteiger partial charge on any atom is 0.252 e. The van der Waals surface area contributed by atoms with Crippen LogP contribution in [0.15, 0.2) is 23.0 Å². The number of halogens is 1. The quantitative estimate of drug-likeness (QED) is 0.710. The summed E-state index contributed by atoms with van der Waals surface area (Å²) < 4.78 is 5.75. The number of hydrogen-bond acceptors (Lipinski definition) is 5. The van der Waals surface area contributed by atoms with Crippen molar-refractivity contribution in [1.29, 1.82) is 0 Å². The van der Waals surface area contributed by atoms with Crippen LogP contribution in [-0.2, 0) is 6.54 Å². The number of aryl methyl sites for hydroxylation is 2. The molecular weight excluding hydrogens is 380 g/mol. The SMILES string of the molecule is Cc1cc(C)c(CN2CC(CO)c3ccc(OC(C)C)c(Cl)c3C2O)c(=O)[nH]1. The lowest BCUT2D eigenvalue weighted by Crippen LogP contribution is -2.40. The number of hydrogen-bond donors (Lipinski definition) is 3. The normalized spacial score (nSPS) is 19.7. The van der Waals surface area contributed by atoms with Gasteiger partial charge in [-0.05, 0) is 51.0 Å². The number of rotatable bonds is 5. The summed E-state index contributed by atoms with van der Waals surface area (Å²) in [6.45, 7) is 8.11. The molecule has 3 N–H and O–H groups in total. The molecule has 0 aliphatic carbocycles. The Balaban J connectivity index is 2.01. The average molecular weight is 407 g/mol. The number of benzene rings is 1. The highest BCUT2D eigenvalue weighted by atomic mass is 35.5. The topological polar surface area (TPSA) is 85.8 Å². The predicted molar refractivity (Wildman–Crippen MR) is 109 cm³/mol. The maximum absolute atomic E-state index is 12.4. The number of aliphatic hydroxyl groups is 2. The predicted octanol–water partition coefficient (Wildman–Crippen LogP) is 3.01. The number of nitrogens with zero attached hydrogens (tertiary/aromatic N) is 1. The number of nitrogens with one attached hydrogen (secondary N) is 1. The smallest absolute Gasteiger partial charge is 0.252 e. The highest BCUT2D eigenvalue weighted by Crippen LogP contribution is 2.43. The Hall–Kier alpha value is -1.86. The summed E-state index contributed by atoms with van der Waals surface area (Å²) in [6, 6.07) is 5.54. The summed E-state index contributed by atoms with van der Waals surface area (Å²) in [7, 11) is 0. The van der Waals surface area contributed by atoms with Crippen LogP contribution in [0.4, 0.5) is 0 Å². The monoisotopic (exact) mass is 406 g/mol. The second kappa shape index (κ2) is 8.25. The van der Waals surface area contributed by atoms with E-state index in [9.17, 15) is 15.0 Å². The third-order valence-electron chi connectivity index (χ3n) is 5.11. The third-order valence-corrected chi connectivity index (χ3v) is 5.50. The van der Waals surface area contributed by atoms with Gasteiger partial charge in [0.25, 0.3) is 5.56 Å². The first kappa shape index (κ1) is 20.9. The first-order valence-electron chi connectivity index (χ1n) is 9.44. The summed E-state index contributed by atoms with van der Waals surface area (Å²) in [4.78, 5) is 17.0. The van der Waals surface area contributed by atoms with E-state index in [2.05, 4.69) is 4.98 Å². The fourth-order valence-electron chi connectivity index (χ4n) is 3.80. The van der Waals surface area contributed by atoms with Crippen LogP contribution >= 0.6 is 11.6 Å². The molecule has 0 fully saturated rings. The van der Waals surface area contributed by atoms with Crippen molar-refractivity contribution in [2.45, 2.75) is 52.5 Å². The van der Waals surface area contributed by atoms with Gasteiger partial charge in [0.1, 0.15) is 12.0 Å². The van der Waals surface area contributed by atoms with Gasteiger partial charge in [-0.1, -0.05) is 17.7 Å². The van der Waals surface area contributed by atoms with Crippen molar-refractivity contribution in [3.05, 3.63) is 61.5 Å². The molecule has 152 valence electrons. The number of aromatic amines is 1. The Morgan fingerprint density at radius 2 is 2.07 bits per heavy atom. The van der Waals surface area contributed by atoms with Crippen LogP contribution in [0.5, 0.6) is 5.75 Å². The summed E-state index contributed by atoms with van der Waals surface area (Å²) in [5.74, 6) is 0.284. The molecule has 28 heavy (non-hydrogen) atoms. The molecule has 7 heteroatoms. The van der Waals surface area contributed by atoms with Gasteiger partial charge in [-0.25, -0.2) is 0 Å². The Labute approximate surface area is 169 Å². The van der Waals surface area contributed by atoms with Crippen LogP contribution < -0.4 is 10.3 Å². The Bertz CT molecular complexity index is 925. The number of pyridine rings is 1. The maximum atomic E-state index is 12.4. The molecule has 1 aliphatic heterocycles. The van der Waals surface area contributed by atoms with Gasteiger partial charge in [0.2, 0.25) is 0 Å². The molecule has 1 aromatic carbocycles. The van der Waals surface area contributed by atoms with E-state index in [1.807, 2.05) is 39.8 Å². The number of H-pyrrole nitrogens is 1. The fourth-order valence-corrected chi connectivity index (χ4v) is 4.12. The van der Waals surface area contributed by atoms with E-state index in [1.54, 1.807) is 11.0 Å². The first-order chi connectivity index (χ1) is 13.2. The zero-order chi connectivity index (χ0) is 20.6. The fraction of sp³-hybridized carbons (Fsp3) is 0.476. The van der Waals surface area contributed by atoms with Crippen molar-refractivity contribution in [3.8, 4) is 5.75 Å². The third kappa shape index (κ3) is 3.96. The largest absolute Gasteiger partial charge is 0.489 e. The van der Waals surface area contributed by atoms with Crippen molar-refractivity contribution in [2.75, 3.05) is 13.2 Å². The summed E-state index contributed by atoms with van der Waals surface area (Å²) in [5.41, 5.74) is 3.42. The lowest BCUT2D eigenvalue weighted by atomic mass is 9.88. The molecule has 2 heterocycles. The molecule has 0 amide bonds. The molecule has 2 unspecified atom stereocenters. The highest BCUT2D eigenvalue weighted by Gasteiger charge is 2.35. The molecule has 0 spiro atoms. The van der Waals surface area contributed by atoms with Crippen LogP contribution in [-0.4, -0.2) is 39.4 Å². The van der Waals surface area contributed by atoms with Crippen LogP contribution in [0.2, 0.25) is 5.02 Å². The van der Waals surface area contributed by atoms with E-state index in [4.69, 9.17) is 16.3 Å². The van der Waals surface area contributed by atoms with Gasteiger partial charge < -0.3 is 19.9 Å². The van der Waals surface area contributed by atoms with Crippen molar-refractivity contribution in [2.24, 2.45) is 0 Å². The number of ether oxygens (including phenoxy) is 1. The number of aliphatic hydroxyl groups excluding tert-OH is 2. The van der Waals surface area contributed by atoms with Crippen molar-refractivity contribution < 1.29 is 14.9 Å². The average Bonchev–Trinajstić information content (AvgIpc) is 2.61. The minimum atomic E-state index is -0.999. The van der Waals surface area contributed by atoms with E-state index in [0.717, 1.165) is 16.8 Å². The van der Waals surface area contributed by atoms with Crippen LogP contribution in [0.1, 0.15) is 53.9 Å². The van der Waals surface area contributed by atoms with Gasteiger partial charge in [-0.2, -0.15) is 0 Å². The molecule has 2 atom stereocenters. The second-order valence-corrected chi connectivity index (χ2v) is 8.05. The molecule has 3 rings (SSSR count). The second-order valence-electron chi connectivity index (χ2n) is 7.67. The van der Waals surface area contributed by atoms with Crippen LogP contribution in [0.25, 0.3) is 0 Å².